The summed E-state index contributed by atoms with van der Waals surface area (Å²) in [5, 5.41) is 6.94. The average molecular weight is 281 g/mol. The summed E-state index contributed by atoms with van der Waals surface area (Å²) < 4.78 is 5.64. The van der Waals surface area contributed by atoms with Crippen molar-refractivity contribution >= 4 is 23.0 Å². The first kappa shape index (κ1) is 15.7. The Labute approximate surface area is 121 Å². The van der Waals surface area contributed by atoms with Gasteiger partial charge in [0.15, 0.2) is 5.11 Å². The van der Waals surface area contributed by atoms with Gasteiger partial charge >= 0.3 is 0 Å². The third-order valence-corrected chi connectivity index (χ3v) is 2.55. The standard InChI is InChI=1S/C14H23N3OS/c1-11(2)18-13-7-5-6-12(10-13)16-14(19)15-8-9-17(3)4/h5-7,10-11H,8-9H2,1-4H3,(H2,15,16,19). The molecule has 4 nitrogen and oxygen atoms in total. The number of hydrogen-bond donors (Lipinski definition) is 2. The van der Waals surface area contributed by atoms with Crippen LogP contribution in [0, 0.1) is 0 Å². The summed E-state index contributed by atoms with van der Waals surface area (Å²) in [5.41, 5.74) is 0.931. The second kappa shape index (κ2) is 7.96. The largest absolute Gasteiger partial charge is 0.491 e. The second-order valence-electron chi connectivity index (χ2n) is 4.88. The Hall–Kier alpha value is -1.33. The van der Waals surface area contributed by atoms with Crippen molar-refractivity contribution in [3.05, 3.63) is 24.3 Å². The molecule has 0 amide bonds. The number of nitrogens with one attached hydrogen (secondary N) is 2. The number of likely N-dealkylation sites (N-methyl/N-ethyl adjacent to an activating group) is 1. The fourth-order valence-corrected chi connectivity index (χ4v) is 1.71. The van der Waals surface area contributed by atoms with Crippen molar-refractivity contribution in [3.8, 4) is 5.75 Å². The van der Waals surface area contributed by atoms with E-state index in [1.165, 1.54) is 0 Å². The zero-order valence-corrected chi connectivity index (χ0v) is 12.9. The molecule has 19 heavy (non-hydrogen) atoms. The molecule has 1 aromatic rings. The Morgan fingerprint density at radius 1 is 1.37 bits per heavy atom. The van der Waals surface area contributed by atoms with E-state index >= 15 is 0 Å². The molecule has 2 N–H and O–H groups in total. The highest BCUT2D eigenvalue weighted by Gasteiger charge is 2.01. The molecular formula is C14H23N3OS. The van der Waals surface area contributed by atoms with E-state index in [-0.39, 0.29) is 6.10 Å². The summed E-state index contributed by atoms with van der Waals surface area (Å²) in [6.45, 7) is 5.78. The minimum absolute atomic E-state index is 0.167. The van der Waals surface area contributed by atoms with Gasteiger partial charge < -0.3 is 20.3 Å². The van der Waals surface area contributed by atoms with Gasteiger partial charge in [-0.25, -0.2) is 0 Å². The molecule has 0 bridgehead atoms. The van der Waals surface area contributed by atoms with Gasteiger partial charge in [-0.3, -0.25) is 0 Å². The highest BCUT2D eigenvalue weighted by molar-refractivity contribution is 7.80. The minimum atomic E-state index is 0.167. The number of benzene rings is 1. The zero-order chi connectivity index (χ0) is 14.3. The van der Waals surface area contributed by atoms with Crippen LogP contribution in [0.5, 0.6) is 5.75 Å². The lowest BCUT2D eigenvalue weighted by molar-refractivity contribution is 0.242. The van der Waals surface area contributed by atoms with Gasteiger partial charge in [0, 0.05) is 24.8 Å². The zero-order valence-electron chi connectivity index (χ0n) is 12.1. The van der Waals surface area contributed by atoms with Gasteiger partial charge in [0.25, 0.3) is 0 Å². The van der Waals surface area contributed by atoms with Crippen LogP contribution in [0.2, 0.25) is 0 Å². The molecule has 0 fully saturated rings. The summed E-state index contributed by atoms with van der Waals surface area (Å²) in [4.78, 5) is 2.10. The number of nitrogens with zero attached hydrogens (tertiary/aromatic N) is 1. The summed E-state index contributed by atoms with van der Waals surface area (Å²) in [7, 11) is 4.07. The number of ether oxygens (including phenoxy) is 1. The quantitative estimate of drug-likeness (QED) is 0.783. The lowest BCUT2D eigenvalue weighted by atomic mass is 10.3. The molecule has 0 saturated carbocycles. The molecule has 0 radical (unpaired) electrons. The molecule has 0 unspecified atom stereocenters. The smallest absolute Gasteiger partial charge is 0.170 e. The van der Waals surface area contributed by atoms with Crippen LogP contribution >= 0.6 is 12.2 Å². The number of rotatable bonds is 6. The predicted molar refractivity (Wildman–Crippen MR) is 85.0 cm³/mol. The van der Waals surface area contributed by atoms with Gasteiger partial charge in [-0.15, -0.1) is 0 Å². The fraction of sp³-hybridized carbons (Fsp3) is 0.500. The van der Waals surface area contributed by atoms with Crippen molar-refractivity contribution in [1.29, 1.82) is 0 Å². The number of anilines is 1. The second-order valence-corrected chi connectivity index (χ2v) is 5.29. The molecule has 0 aromatic heterocycles. The molecule has 0 atom stereocenters. The van der Waals surface area contributed by atoms with Gasteiger partial charge in [-0.05, 0) is 52.3 Å². The molecule has 0 heterocycles. The molecule has 0 saturated heterocycles. The molecule has 0 aliphatic rings. The van der Waals surface area contributed by atoms with Crippen LogP contribution in [-0.4, -0.2) is 43.3 Å². The summed E-state index contributed by atoms with van der Waals surface area (Å²) in [6.07, 6.45) is 0.167. The third kappa shape index (κ3) is 6.98. The van der Waals surface area contributed by atoms with Crippen molar-refractivity contribution in [3.63, 3.8) is 0 Å². The summed E-state index contributed by atoms with van der Waals surface area (Å²) in [6, 6.07) is 7.79. The molecular weight excluding hydrogens is 258 g/mol. The first-order chi connectivity index (χ1) is 8.97. The summed E-state index contributed by atoms with van der Waals surface area (Å²) in [5.74, 6) is 0.844. The highest BCUT2D eigenvalue weighted by Crippen LogP contribution is 2.18. The third-order valence-electron chi connectivity index (χ3n) is 2.31. The molecule has 1 rings (SSSR count). The van der Waals surface area contributed by atoms with Gasteiger partial charge in [-0.2, -0.15) is 0 Å². The van der Waals surface area contributed by atoms with Crippen molar-refractivity contribution in [1.82, 2.24) is 10.2 Å². The van der Waals surface area contributed by atoms with Crippen molar-refractivity contribution in [2.45, 2.75) is 20.0 Å². The van der Waals surface area contributed by atoms with E-state index in [4.69, 9.17) is 17.0 Å². The van der Waals surface area contributed by atoms with E-state index in [0.29, 0.717) is 5.11 Å². The Bertz CT molecular complexity index is 407. The number of thiocarbonyl (C=S) groups is 1. The molecule has 0 aliphatic heterocycles. The van der Waals surface area contributed by atoms with Crippen molar-refractivity contribution < 1.29 is 4.74 Å². The lowest BCUT2D eigenvalue weighted by Gasteiger charge is -2.14. The Balaban J connectivity index is 2.45. The van der Waals surface area contributed by atoms with Crippen molar-refractivity contribution in [2.24, 2.45) is 0 Å². The van der Waals surface area contributed by atoms with Gasteiger partial charge in [0.1, 0.15) is 5.75 Å². The van der Waals surface area contributed by atoms with Gasteiger partial charge in [0.2, 0.25) is 0 Å². The van der Waals surface area contributed by atoms with Crippen LogP contribution in [0.15, 0.2) is 24.3 Å². The van der Waals surface area contributed by atoms with Crippen LogP contribution in [0.1, 0.15) is 13.8 Å². The van der Waals surface area contributed by atoms with E-state index in [0.717, 1.165) is 24.5 Å². The topological polar surface area (TPSA) is 36.5 Å². The van der Waals surface area contributed by atoms with E-state index < -0.39 is 0 Å². The fourth-order valence-electron chi connectivity index (χ4n) is 1.49. The Morgan fingerprint density at radius 2 is 2.11 bits per heavy atom. The first-order valence-electron chi connectivity index (χ1n) is 6.43. The SMILES string of the molecule is CC(C)Oc1cccc(NC(=S)NCCN(C)C)c1. The van der Waals surface area contributed by atoms with Crippen LogP contribution in [0.4, 0.5) is 5.69 Å². The van der Waals surface area contributed by atoms with E-state index in [2.05, 4.69) is 15.5 Å². The molecule has 106 valence electrons. The molecule has 0 spiro atoms. The van der Waals surface area contributed by atoms with E-state index in [9.17, 15) is 0 Å². The number of hydrogen-bond acceptors (Lipinski definition) is 3. The van der Waals surface area contributed by atoms with Crippen molar-refractivity contribution in [2.75, 3.05) is 32.5 Å². The van der Waals surface area contributed by atoms with E-state index in [1.54, 1.807) is 0 Å². The first-order valence-corrected chi connectivity index (χ1v) is 6.84. The summed E-state index contributed by atoms with van der Waals surface area (Å²) >= 11 is 5.24. The molecule has 0 aliphatic carbocycles. The van der Waals surface area contributed by atoms with Crippen LogP contribution in [0.3, 0.4) is 0 Å². The van der Waals surface area contributed by atoms with E-state index in [1.807, 2.05) is 52.2 Å². The monoisotopic (exact) mass is 281 g/mol. The highest BCUT2D eigenvalue weighted by atomic mass is 32.1. The predicted octanol–water partition coefficient (Wildman–Crippen LogP) is 2.32. The average Bonchev–Trinajstić information content (AvgIpc) is 2.27. The van der Waals surface area contributed by atoms with Crippen LogP contribution in [-0.2, 0) is 0 Å². The Morgan fingerprint density at radius 3 is 2.74 bits per heavy atom. The van der Waals surface area contributed by atoms with Gasteiger partial charge in [0.05, 0.1) is 6.10 Å². The maximum atomic E-state index is 5.64. The minimum Gasteiger partial charge on any atom is -0.491 e. The Kier molecular flexibility index (Phi) is 6.59. The van der Waals surface area contributed by atoms with Crippen LogP contribution < -0.4 is 15.4 Å². The lowest BCUT2D eigenvalue weighted by Crippen LogP contribution is -2.34. The normalized spacial score (nSPS) is 10.6. The maximum Gasteiger partial charge on any atom is 0.170 e. The maximum absolute atomic E-state index is 5.64. The van der Waals surface area contributed by atoms with Crippen LogP contribution in [0.25, 0.3) is 0 Å². The molecule has 5 heteroatoms. The molecule has 1 aromatic carbocycles. The van der Waals surface area contributed by atoms with Gasteiger partial charge in [-0.1, -0.05) is 6.07 Å².